The molecule has 0 aliphatic carbocycles. The molecular formula is C12H14F3NO. The lowest BCUT2D eigenvalue weighted by atomic mass is 10.1. The van der Waals surface area contributed by atoms with E-state index in [9.17, 15) is 18.0 Å². The van der Waals surface area contributed by atoms with Gasteiger partial charge in [0.15, 0.2) is 5.78 Å². The summed E-state index contributed by atoms with van der Waals surface area (Å²) in [5.74, 6) is -0.0607. The fraction of sp³-hybridized carbons (Fsp3) is 0.417. The first-order valence-electron chi connectivity index (χ1n) is 5.18. The number of hydrogen-bond donors (Lipinski definition) is 0. The molecule has 0 aliphatic heterocycles. The number of ketones is 1. The van der Waals surface area contributed by atoms with Crippen LogP contribution in [0.5, 0.6) is 0 Å². The largest absolute Gasteiger partial charge is 0.390 e. The van der Waals surface area contributed by atoms with Crippen molar-refractivity contribution in [1.29, 1.82) is 0 Å². The lowest BCUT2D eigenvalue weighted by molar-refractivity contribution is -0.132. The minimum atomic E-state index is -4.15. The molecule has 0 fully saturated rings. The van der Waals surface area contributed by atoms with Gasteiger partial charge in [-0.25, -0.2) is 0 Å². The Morgan fingerprint density at radius 2 is 1.76 bits per heavy atom. The van der Waals surface area contributed by atoms with Gasteiger partial charge in [0, 0.05) is 24.8 Å². The Morgan fingerprint density at radius 3 is 2.18 bits per heavy atom. The average Bonchev–Trinajstić information content (AvgIpc) is 2.25. The first-order valence-corrected chi connectivity index (χ1v) is 5.18. The normalized spacial score (nSPS) is 11.4. The number of nitrogens with zero attached hydrogens (tertiary/aromatic N) is 1. The van der Waals surface area contributed by atoms with Gasteiger partial charge in [0.05, 0.1) is 6.42 Å². The average molecular weight is 245 g/mol. The van der Waals surface area contributed by atoms with Gasteiger partial charge in [-0.3, -0.25) is 4.79 Å². The van der Waals surface area contributed by atoms with Crippen LogP contribution in [0.15, 0.2) is 24.3 Å². The van der Waals surface area contributed by atoms with Gasteiger partial charge in [0.1, 0.15) is 0 Å². The van der Waals surface area contributed by atoms with Crippen LogP contribution < -0.4 is 4.90 Å². The fourth-order valence-corrected chi connectivity index (χ4v) is 1.37. The monoisotopic (exact) mass is 245 g/mol. The van der Waals surface area contributed by atoms with Crippen LogP contribution in [0.3, 0.4) is 0 Å². The summed E-state index contributed by atoms with van der Waals surface area (Å²) in [6.07, 6.45) is -4.99. The Bertz CT molecular complexity index is 384. The Balaban J connectivity index is 2.63. The van der Waals surface area contributed by atoms with Crippen LogP contribution in [0, 0.1) is 0 Å². The minimum absolute atomic E-state index is 0.0607. The summed E-state index contributed by atoms with van der Waals surface area (Å²) in [5, 5.41) is 0. The van der Waals surface area contributed by atoms with Crippen LogP contribution in [0.4, 0.5) is 18.9 Å². The van der Waals surface area contributed by atoms with Gasteiger partial charge < -0.3 is 4.90 Å². The van der Waals surface area contributed by atoms with Crippen molar-refractivity contribution in [3.8, 4) is 0 Å². The molecule has 0 saturated heterocycles. The summed E-state index contributed by atoms with van der Waals surface area (Å²) in [7, 11) is 1.59. The Morgan fingerprint density at radius 1 is 1.24 bits per heavy atom. The molecule has 0 heterocycles. The minimum Gasteiger partial charge on any atom is -0.374 e. The number of alkyl halides is 3. The second-order valence-electron chi connectivity index (χ2n) is 3.89. The number of anilines is 1. The highest BCUT2D eigenvalue weighted by Crippen LogP contribution is 2.21. The van der Waals surface area contributed by atoms with Gasteiger partial charge in [-0.2, -0.15) is 13.2 Å². The van der Waals surface area contributed by atoms with E-state index in [1.165, 1.54) is 11.8 Å². The third kappa shape index (κ3) is 4.46. The smallest absolute Gasteiger partial charge is 0.374 e. The molecule has 0 atom stereocenters. The lowest BCUT2D eigenvalue weighted by Gasteiger charge is -2.20. The first kappa shape index (κ1) is 13.5. The van der Waals surface area contributed by atoms with Crippen molar-refractivity contribution in [2.75, 3.05) is 18.5 Å². The van der Waals surface area contributed by atoms with Gasteiger partial charge >= 0.3 is 6.18 Å². The number of carbonyl (C=O) groups excluding carboxylic acids is 1. The van der Waals surface area contributed by atoms with Crippen LogP contribution in [-0.4, -0.2) is 25.6 Å². The van der Waals surface area contributed by atoms with Gasteiger partial charge in [0.25, 0.3) is 0 Å². The van der Waals surface area contributed by atoms with E-state index in [0.29, 0.717) is 11.3 Å². The zero-order valence-electron chi connectivity index (χ0n) is 9.71. The summed E-state index contributed by atoms with van der Waals surface area (Å²) < 4.78 is 36.1. The molecule has 0 aromatic heterocycles. The van der Waals surface area contributed by atoms with Crippen molar-refractivity contribution in [1.82, 2.24) is 0 Å². The van der Waals surface area contributed by atoms with Gasteiger partial charge in [-0.1, -0.05) is 0 Å². The molecule has 0 radical (unpaired) electrons. The maximum absolute atomic E-state index is 12.0. The summed E-state index contributed by atoms with van der Waals surface area (Å²) in [5.41, 5.74) is 1.22. The van der Waals surface area contributed by atoms with Gasteiger partial charge in [0.2, 0.25) is 0 Å². The molecule has 0 spiro atoms. The van der Waals surface area contributed by atoms with Gasteiger partial charge in [-0.15, -0.1) is 0 Å². The molecule has 0 saturated carbocycles. The highest BCUT2D eigenvalue weighted by molar-refractivity contribution is 5.94. The molecule has 0 bridgehead atoms. The number of carbonyl (C=O) groups is 1. The van der Waals surface area contributed by atoms with Crippen molar-refractivity contribution in [2.24, 2.45) is 0 Å². The molecule has 0 unspecified atom stereocenters. The van der Waals surface area contributed by atoms with E-state index in [4.69, 9.17) is 0 Å². The molecule has 17 heavy (non-hydrogen) atoms. The second kappa shape index (κ2) is 5.21. The number of halogens is 3. The molecule has 1 rings (SSSR count). The number of rotatable bonds is 4. The third-order valence-electron chi connectivity index (χ3n) is 2.45. The van der Waals surface area contributed by atoms with E-state index in [1.54, 1.807) is 31.3 Å². The number of hydrogen-bond acceptors (Lipinski definition) is 2. The Kier molecular flexibility index (Phi) is 4.15. The zero-order valence-corrected chi connectivity index (χ0v) is 9.71. The number of benzene rings is 1. The van der Waals surface area contributed by atoms with Crippen molar-refractivity contribution in [2.45, 2.75) is 19.5 Å². The summed E-state index contributed by atoms with van der Waals surface area (Å²) >= 11 is 0. The SMILES string of the molecule is CC(=O)c1ccc(N(C)CCC(F)(F)F)cc1. The molecular weight excluding hydrogens is 231 g/mol. The predicted molar refractivity (Wildman–Crippen MR) is 60.4 cm³/mol. The molecule has 94 valence electrons. The second-order valence-corrected chi connectivity index (χ2v) is 3.89. The van der Waals surface area contributed by atoms with Crippen LogP contribution in [-0.2, 0) is 0 Å². The van der Waals surface area contributed by atoms with Crippen LogP contribution >= 0.6 is 0 Å². The lowest BCUT2D eigenvalue weighted by Crippen LogP contribution is -2.23. The highest BCUT2D eigenvalue weighted by atomic mass is 19.4. The van der Waals surface area contributed by atoms with E-state index < -0.39 is 12.6 Å². The standard InChI is InChI=1S/C12H14F3NO/c1-9(17)10-3-5-11(6-4-10)16(2)8-7-12(13,14)15/h3-6H,7-8H2,1-2H3. The van der Waals surface area contributed by atoms with E-state index in [0.717, 1.165) is 0 Å². The Labute approximate surface area is 98.0 Å². The number of Topliss-reactive ketones (excluding diaryl/α,β-unsaturated/α-hetero) is 1. The van der Waals surface area contributed by atoms with E-state index >= 15 is 0 Å². The summed E-state index contributed by atoms with van der Waals surface area (Å²) in [6.45, 7) is 1.35. The summed E-state index contributed by atoms with van der Waals surface area (Å²) in [4.78, 5) is 12.5. The van der Waals surface area contributed by atoms with E-state index in [2.05, 4.69) is 0 Å². The molecule has 0 N–H and O–H groups in total. The van der Waals surface area contributed by atoms with Crippen molar-refractivity contribution in [3.05, 3.63) is 29.8 Å². The van der Waals surface area contributed by atoms with Crippen LogP contribution in [0.2, 0.25) is 0 Å². The quantitative estimate of drug-likeness (QED) is 0.759. The fourth-order valence-electron chi connectivity index (χ4n) is 1.37. The molecule has 5 heteroatoms. The molecule has 1 aromatic carbocycles. The maximum atomic E-state index is 12.0. The molecule has 2 nitrogen and oxygen atoms in total. The van der Waals surface area contributed by atoms with Crippen molar-refractivity contribution >= 4 is 11.5 Å². The molecule has 0 aliphatic rings. The predicted octanol–water partition coefficient (Wildman–Crippen LogP) is 3.28. The van der Waals surface area contributed by atoms with Crippen molar-refractivity contribution in [3.63, 3.8) is 0 Å². The zero-order chi connectivity index (χ0) is 13.1. The van der Waals surface area contributed by atoms with E-state index in [1.807, 2.05) is 0 Å². The molecule has 1 aromatic rings. The first-order chi connectivity index (χ1) is 7.79. The topological polar surface area (TPSA) is 20.3 Å². The van der Waals surface area contributed by atoms with Crippen molar-refractivity contribution < 1.29 is 18.0 Å². The third-order valence-corrected chi connectivity index (χ3v) is 2.45. The van der Waals surface area contributed by atoms with E-state index in [-0.39, 0.29) is 12.3 Å². The Hall–Kier alpha value is -1.52. The highest BCUT2D eigenvalue weighted by Gasteiger charge is 2.27. The summed E-state index contributed by atoms with van der Waals surface area (Å²) in [6, 6.07) is 6.52. The molecule has 0 amide bonds. The maximum Gasteiger partial charge on any atom is 0.390 e. The van der Waals surface area contributed by atoms with Gasteiger partial charge in [-0.05, 0) is 31.2 Å². The van der Waals surface area contributed by atoms with Crippen LogP contribution in [0.25, 0.3) is 0 Å². The van der Waals surface area contributed by atoms with Crippen LogP contribution in [0.1, 0.15) is 23.7 Å².